The van der Waals surface area contributed by atoms with E-state index >= 15 is 0 Å². The third-order valence-corrected chi connectivity index (χ3v) is 8.72. The summed E-state index contributed by atoms with van der Waals surface area (Å²) in [5, 5.41) is 0. The van der Waals surface area contributed by atoms with E-state index in [-0.39, 0.29) is 5.97 Å². The van der Waals surface area contributed by atoms with E-state index < -0.39 is 0 Å². The van der Waals surface area contributed by atoms with Crippen LogP contribution in [0.15, 0.2) is 0 Å². The fourth-order valence-corrected chi connectivity index (χ4v) is 5.55. The second-order valence-corrected chi connectivity index (χ2v) is 13.6. The minimum atomic E-state index is -0.124. The van der Waals surface area contributed by atoms with Gasteiger partial charge in [0, 0.05) is 13.0 Å². The van der Waals surface area contributed by atoms with Crippen LogP contribution in [0.2, 0.25) is 0 Å². The molecular weight excluding hydrogens is 664 g/mol. The summed E-state index contributed by atoms with van der Waals surface area (Å²) in [6, 6.07) is 0. The van der Waals surface area contributed by atoms with Gasteiger partial charge in [0.1, 0.15) is 6.61 Å². The Bertz CT molecular complexity index is 654. The van der Waals surface area contributed by atoms with Gasteiger partial charge in [-0.3, -0.25) is 4.79 Å². The predicted octanol–water partition coefficient (Wildman–Crippen LogP) is 9.28. The molecule has 0 aliphatic heterocycles. The Balaban J connectivity index is 3.13. The average molecular weight is 749 g/mol. The largest absolute Gasteiger partial charge is 0.463 e. The Hall–Kier alpha value is -0.850. The van der Waals surface area contributed by atoms with Crippen molar-refractivity contribution in [2.75, 3.05) is 112 Å². The van der Waals surface area contributed by atoms with E-state index in [4.69, 9.17) is 42.6 Å². The molecule has 0 aromatic carbocycles. The Morgan fingerprint density at radius 2 is 0.500 bits per heavy atom. The third-order valence-electron chi connectivity index (χ3n) is 8.72. The van der Waals surface area contributed by atoms with E-state index in [2.05, 4.69) is 13.8 Å². The molecule has 0 aromatic heterocycles. The summed E-state index contributed by atoms with van der Waals surface area (Å²) in [4.78, 5) is 11.9. The lowest BCUT2D eigenvalue weighted by Crippen LogP contribution is -2.15. The molecule has 0 amide bonds. The Labute approximate surface area is 320 Å². The van der Waals surface area contributed by atoms with Gasteiger partial charge < -0.3 is 42.6 Å². The molecule has 0 fully saturated rings. The first-order chi connectivity index (χ1) is 25.8. The maximum Gasteiger partial charge on any atom is 0.305 e. The zero-order chi connectivity index (χ0) is 37.5. The van der Waals surface area contributed by atoms with Gasteiger partial charge in [-0.05, 0) is 12.8 Å². The summed E-state index contributed by atoms with van der Waals surface area (Å²) in [5.74, 6) is -0.124. The van der Waals surface area contributed by atoms with Crippen LogP contribution < -0.4 is 0 Å². The van der Waals surface area contributed by atoms with Gasteiger partial charge in [-0.2, -0.15) is 0 Å². The van der Waals surface area contributed by atoms with Crippen LogP contribution in [0.5, 0.6) is 0 Å². The number of ether oxygens (including phenoxy) is 9. The van der Waals surface area contributed by atoms with Crippen LogP contribution >= 0.6 is 0 Å². The van der Waals surface area contributed by atoms with E-state index in [0.717, 1.165) is 25.9 Å². The van der Waals surface area contributed by atoms with Crippen LogP contribution in [0.1, 0.15) is 155 Å². The Morgan fingerprint density at radius 3 is 0.808 bits per heavy atom. The molecule has 52 heavy (non-hydrogen) atoms. The fraction of sp³-hybridized carbons (Fsp3) is 0.976. The van der Waals surface area contributed by atoms with Gasteiger partial charge in [-0.25, -0.2) is 0 Å². The first-order valence-electron chi connectivity index (χ1n) is 21.6. The molecule has 0 aromatic rings. The molecule has 0 aliphatic rings. The summed E-state index contributed by atoms with van der Waals surface area (Å²) in [6.45, 7) is 13.5. The van der Waals surface area contributed by atoms with Crippen molar-refractivity contribution in [3.8, 4) is 0 Å². The zero-order valence-corrected chi connectivity index (χ0v) is 34.2. The maximum atomic E-state index is 11.9. The lowest BCUT2D eigenvalue weighted by molar-refractivity contribution is -0.145. The van der Waals surface area contributed by atoms with Gasteiger partial charge in [0.2, 0.25) is 0 Å². The minimum Gasteiger partial charge on any atom is -0.463 e. The molecule has 10 nitrogen and oxygen atoms in total. The molecule has 0 unspecified atom stereocenters. The summed E-state index contributed by atoms with van der Waals surface area (Å²) >= 11 is 0. The number of unbranched alkanes of at least 4 members (excludes halogenated alkanes) is 19. The highest BCUT2D eigenvalue weighted by molar-refractivity contribution is 5.69. The second kappa shape index (κ2) is 48.2. The molecule has 0 bridgehead atoms. The smallest absolute Gasteiger partial charge is 0.305 e. The van der Waals surface area contributed by atoms with Gasteiger partial charge in [0.25, 0.3) is 0 Å². The Morgan fingerprint density at radius 1 is 0.269 bits per heavy atom. The van der Waals surface area contributed by atoms with E-state index in [1.54, 1.807) is 0 Å². The first kappa shape index (κ1) is 51.1. The standard InChI is InChI=1S/C42H84O10/c1-3-5-7-9-11-12-13-14-15-16-17-18-19-20-22-24-42(43)52-41-40-51-39-38-50-37-36-49-35-34-48-33-32-47-31-30-46-29-28-45-27-26-44-25-23-21-10-8-6-4-2/h3-41H2,1-2H3. The van der Waals surface area contributed by atoms with Crippen molar-refractivity contribution in [2.24, 2.45) is 0 Å². The van der Waals surface area contributed by atoms with Crippen molar-refractivity contribution in [3.05, 3.63) is 0 Å². The van der Waals surface area contributed by atoms with Gasteiger partial charge >= 0.3 is 5.97 Å². The van der Waals surface area contributed by atoms with Gasteiger partial charge in [0.05, 0.1) is 99.1 Å². The van der Waals surface area contributed by atoms with Crippen molar-refractivity contribution in [1.82, 2.24) is 0 Å². The summed E-state index contributed by atoms with van der Waals surface area (Å²) in [5.41, 5.74) is 0. The van der Waals surface area contributed by atoms with Gasteiger partial charge in [-0.15, -0.1) is 0 Å². The molecule has 0 aliphatic carbocycles. The normalized spacial score (nSPS) is 11.5. The molecule has 0 spiro atoms. The van der Waals surface area contributed by atoms with Crippen LogP contribution in [0.25, 0.3) is 0 Å². The van der Waals surface area contributed by atoms with Crippen LogP contribution in [-0.4, -0.2) is 118 Å². The van der Waals surface area contributed by atoms with Crippen LogP contribution in [0.3, 0.4) is 0 Å². The lowest BCUT2D eigenvalue weighted by Gasteiger charge is -2.09. The van der Waals surface area contributed by atoms with Crippen molar-refractivity contribution < 1.29 is 47.4 Å². The van der Waals surface area contributed by atoms with Crippen LogP contribution in [0.4, 0.5) is 0 Å². The zero-order valence-electron chi connectivity index (χ0n) is 34.2. The molecule has 0 atom stereocenters. The number of hydrogen-bond acceptors (Lipinski definition) is 10. The van der Waals surface area contributed by atoms with Crippen LogP contribution in [0, 0.1) is 0 Å². The van der Waals surface area contributed by atoms with Crippen molar-refractivity contribution in [3.63, 3.8) is 0 Å². The van der Waals surface area contributed by atoms with E-state index in [1.165, 1.54) is 116 Å². The molecule has 0 N–H and O–H groups in total. The predicted molar refractivity (Wildman–Crippen MR) is 210 cm³/mol. The van der Waals surface area contributed by atoms with Crippen molar-refractivity contribution in [1.29, 1.82) is 0 Å². The molecular formula is C42H84O10. The van der Waals surface area contributed by atoms with E-state index in [0.29, 0.717) is 112 Å². The summed E-state index contributed by atoms with van der Waals surface area (Å²) in [7, 11) is 0. The fourth-order valence-electron chi connectivity index (χ4n) is 5.55. The third kappa shape index (κ3) is 47.2. The number of carbonyl (C=O) groups excluding carboxylic acids is 1. The molecule has 0 heterocycles. The maximum absolute atomic E-state index is 11.9. The molecule has 312 valence electrons. The quantitative estimate of drug-likeness (QED) is 0.0442. The SMILES string of the molecule is CCCCCCCCCCCCCCCCCC(=O)OCCOCCOCCOCCOCCOCCOCCOCCOCCCCCCCC. The first-order valence-corrected chi connectivity index (χ1v) is 21.6. The van der Waals surface area contributed by atoms with Gasteiger partial charge in [-0.1, -0.05) is 136 Å². The highest BCUT2D eigenvalue weighted by atomic mass is 16.6. The van der Waals surface area contributed by atoms with Crippen molar-refractivity contribution >= 4 is 5.97 Å². The Kier molecular flexibility index (Phi) is 47.4. The molecule has 0 rings (SSSR count). The number of hydrogen-bond donors (Lipinski definition) is 0. The number of esters is 1. The second-order valence-electron chi connectivity index (χ2n) is 13.6. The molecule has 0 saturated carbocycles. The van der Waals surface area contributed by atoms with Crippen LogP contribution in [-0.2, 0) is 47.4 Å². The summed E-state index contributed by atoms with van der Waals surface area (Å²) in [6.07, 6.45) is 28.0. The lowest BCUT2D eigenvalue weighted by atomic mass is 10.0. The number of rotatable bonds is 47. The molecule has 10 heteroatoms. The van der Waals surface area contributed by atoms with E-state index in [9.17, 15) is 4.79 Å². The topological polar surface area (TPSA) is 100 Å². The van der Waals surface area contributed by atoms with Crippen molar-refractivity contribution in [2.45, 2.75) is 155 Å². The highest BCUT2D eigenvalue weighted by Gasteiger charge is 2.03. The van der Waals surface area contributed by atoms with E-state index in [1.807, 2.05) is 0 Å². The highest BCUT2D eigenvalue weighted by Crippen LogP contribution is 2.14. The minimum absolute atomic E-state index is 0.124. The average Bonchev–Trinajstić information content (AvgIpc) is 3.15. The molecule has 0 saturated heterocycles. The van der Waals surface area contributed by atoms with Gasteiger partial charge in [0.15, 0.2) is 0 Å². The molecule has 0 radical (unpaired) electrons. The monoisotopic (exact) mass is 749 g/mol. The number of carbonyl (C=O) groups is 1. The summed E-state index contributed by atoms with van der Waals surface area (Å²) < 4.78 is 49.4.